The third-order valence-corrected chi connectivity index (χ3v) is 5.11. The molecule has 2 N–H and O–H groups in total. The van der Waals surface area contributed by atoms with E-state index in [0.717, 1.165) is 0 Å². The first-order valence-electron chi connectivity index (χ1n) is 8.84. The van der Waals surface area contributed by atoms with Gasteiger partial charge in [-0.3, -0.25) is 4.90 Å². The van der Waals surface area contributed by atoms with E-state index in [-0.39, 0.29) is 30.6 Å². The predicted octanol–water partition coefficient (Wildman–Crippen LogP) is 2.17. The average Bonchev–Trinajstić information content (AvgIpc) is 2.95. The van der Waals surface area contributed by atoms with Gasteiger partial charge in [-0.25, -0.2) is 0 Å². The lowest BCUT2D eigenvalue weighted by Gasteiger charge is -2.54. The highest BCUT2D eigenvalue weighted by Crippen LogP contribution is 2.38. The fraction of sp³-hybridized carbons (Fsp3) is 0.684. The van der Waals surface area contributed by atoms with Crippen LogP contribution in [0.2, 0.25) is 0 Å². The van der Waals surface area contributed by atoms with Crippen molar-refractivity contribution in [3.8, 4) is 17.2 Å². The minimum atomic E-state index is -0.626. The Bertz CT molecular complexity index is 598. The number of aliphatic hydroxyl groups excluding tert-OH is 2. The molecule has 140 valence electrons. The number of β-amino-alcohol motifs (C(OH)–C–C–N with tert-alkyl or cyclic N) is 1. The summed E-state index contributed by atoms with van der Waals surface area (Å²) in [5.41, 5.74) is -0.359. The van der Waals surface area contributed by atoms with E-state index in [2.05, 4.69) is 32.6 Å². The van der Waals surface area contributed by atoms with Gasteiger partial charge >= 0.3 is 0 Å². The van der Waals surface area contributed by atoms with Gasteiger partial charge in [0.05, 0.1) is 6.10 Å². The molecular formula is C19H29NO5. The van der Waals surface area contributed by atoms with Gasteiger partial charge in [0, 0.05) is 23.7 Å². The third kappa shape index (κ3) is 4.02. The molecule has 0 bridgehead atoms. The number of aliphatic hydroxyl groups is 2. The molecule has 1 atom stereocenters. The van der Waals surface area contributed by atoms with Crippen molar-refractivity contribution in [2.75, 3.05) is 19.9 Å². The summed E-state index contributed by atoms with van der Waals surface area (Å²) in [5.74, 6) is 2.03. The minimum absolute atomic E-state index is 0.180. The molecule has 6 heteroatoms. The number of rotatable bonds is 5. The zero-order valence-electron chi connectivity index (χ0n) is 15.5. The van der Waals surface area contributed by atoms with Crippen molar-refractivity contribution in [2.24, 2.45) is 0 Å². The van der Waals surface area contributed by atoms with Crippen molar-refractivity contribution >= 4 is 0 Å². The number of nitrogens with zero attached hydrogens (tertiary/aromatic N) is 1. The molecular weight excluding hydrogens is 322 g/mol. The molecule has 6 nitrogen and oxygen atoms in total. The highest BCUT2D eigenvalue weighted by atomic mass is 16.7. The van der Waals surface area contributed by atoms with Crippen molar-refractivity contribution in [1.29, 1.82) is 0 Å². The van der Waals surface area contributed by atoms with Gasteiger partial charge in [0.1, 0.15) is 18.5 Å². The van der Waals surface area contributed by atoms with Crippen LogP contribution in [0, 0.1) is 0 Å². The smallest absolute Gasteiger partial charge is 0.231 e. The molecule has 0 saturated carbocycles. The molecule has 0 radical (unpaired) electrons. The normalized spacial score (nSPS) is 23.4. The quantitative estimate of drug-likeness (QED) is 0.847. The predicted molar refractivity (Wildman–Crippen MR) is 94.2 cm³/mol. The number of hydrogen-bond acceptors (Lipinski definition) is 6. The number of likely N-dealkylation sites (tertiary alicyclic amines) is 1. The lowest BCUT2D eigenvalue weighted by Crippen LogP contribution is -2.63. The van der Waals surface area contributed by atoms with Crippen LogP contribution in [0.4, 0.5) is 0 Å². The average molecular weight is 351 g/mol. The van der Waals surface area contributed by atoms with Crippen LogP contribution in [0.5, 0.6) is 17.2 Å². The minimum Gasteiger partial charge on any atom is -0.491 e. The second-order valence-corrected chi connectivity index (χ2v) is 8.28. The van der Waals surface area contributed by atoms with Gasteiger partial charge in [-0.1, -0.05) is 0 Å². The Kier molecular flexibility index (Phi) is 4.88. The SMILES string of the molecule is CC1(C)CC(O)CC(C)(C)N1C[C@H](O)COc1ccc2c(c1)OCO2. The Morgan fingerprint density at radius 3 is 2.48 bits per heavy atom. The number of ether oxygens (including phenoxy) is 3. The lowest BCUT2D eigenvalue weighted by molar-refractivity contribution is -0.1000. The Hall–Kier alpha value is -1.50. The Morgan fingerprint density at radius 1 is 1.16 bits per heavy atom. The topological polar surface area (TPSA) is 71.4 Å². The number of hydrogen-bond donors (Lipinski definition) is 2. The summed E-state index contributed by atoms with van der Waals surface area (Å²) >= 11 is 0. The Balaban J connectivity index is 1.59. The molecule has 2 heterocycles. The summed E-state index contributed by atoms with van der Waals surface area (Å²) in [5, 5.41) is 20.6. The summed E-state index contributed by atoms with van der Waals surface area (Å²) < 4.78 is 16.3. The molecule has 1 aromatic carbocycles. The van der Waals surface area contributed by atoms with Crippen LogP contribution in [0.15, 0.2) is 18.2 Å². The highest BCUT2D eigenvalue weighted by molar-refractivity contribution is 5.46. The molecule has 0 aliphatic carbocycles. The maximum Gasteiger partial charge on any atom is 0.231 e. The van der Waals surface area contributed by atoms with Crippen molar-refractivity contribution in [2.45, 2.75) is 63.8 Å². The number of fused-ring (bicyclic) bond motifs is 1. The zero-order chi connectivity index (χ0) is 18.2. The fourth-order valence-electron chi connectivity index (χ4n) is 4.18. The summed E-state index contributed by atoms with van der Waals surface area (Å²) in [7, 11) is 0. The van der Waals surface area contributed by atoms with Crippen LogP contribution in [-0.2, 0) is 0 Å². The monoisotopic (exact) mass is 351 g/mol. The third-order valence-electron chi connectivity index (χ3n) is 5.11. The second kappa shape index (κ2) is 6.67. The molecule has 2 aliphatic heterocycles. The lowest BCUT2D eigenvalue weighted by atomic mass is 9.78. The molecule has 0 amide bonds. The highest BCUT2D eigenvalue weighted by Gasteiger charge is 2.45. The molecule has 3 rings (SSSR count). The van der Waals surface area contributed by atoms with E-state index in [0.29, 0.717) is 36.6 Å². The van der Waals surface area contributed by atoms with E-state index in [1.165, 1.54) is 0 Å². The van der Waals surface area contributed by atoms with E-state index in [1.807, 2.05) is 12.1 Å². The van der Waals surface area contributed by atoms with Crippen LogP contribution in [0.25, 0.3) is 0 Å². The van der Waals surface area contributed by atoms with Gasteiger partial charge in [-0.05, 0) is 52.7 Å². The Labute approximate surface area is 149 Å². The van der Waals surface area contributed by atoms with Crippen molar-refractivity contribution in [1.82, 2.24) is 4.90 Å². The summed E-state index contributed by atoms with van der Waals surface area (Å²) in [4.78, 5) is 2.28. The number of piperidine rings is 1. The van der Waals surface area contributed by atoms with E-state index in [9.17, 15) is 10.2 Å². The van der Waals surface area contributed by atoms with E-state index in [1.54, 1.807) is 6.07 Å². The van der Waals surface area contributed by atoms with Crippen LogP contribution in [0.3, 0.4) is 0 Å². The van der Waals surface area contributed by atoms with Gasteiger partial charge in [0.15, 0.2) is 11.5 Å². The molecule has 1 saturated heterocycles. The van der Waals surface area contributed by atoms with E-state index < -0.39 is 6.10 Å². The van der Waals surface area contributed by atoms with E-state index in [4.69, 9.17) is 14.2 Å². The summed E-state index contributed by atoms with van der Waals surface area (Å²) in [6.45, 7) is 9.38. The van der Waals surface area contributed by atoms with E-state index >= 15 is 0 Å². The van der Waals surface area contributed by atoms with Crippen molar-refractivity contribution < 1.29 is 24.4 Å². The van der Waals surface area contributed by atoms with Gasteiger partial charge < -0.3 is 24.4 Å². The summed E-state index contributed by atoms with van der Waals surface area (Å²) in [6, 6.07) is 5.40. The fourth-order valence-corrected chi connectivity index (χ4v) is 4.18. The van der Waals surface area contributed by atoms with Crippen molar-refractivity contribution in [3.63, 3.8) is 0 Å². The van der Waals surface area contributed by atoms with Crippen LogP contribution >= 0.6 is 0 Å². The first-order chi connectivity index (χ1) is 11.7. The van der Waals surface area contributed by atoms with Crippen LogP contribution in [-0.4, -0.2) is 58.3 Å². The van der Waals surface area contributed by atoms with Crippen molar-refractivity contribution in [3.05, 3.63) is 18.2 Å². The molecule has 1 aromatic rings. The van der Waals surface area contributed by atoms with Crippen LogP contribution < -0.4 is 14.2 Å². The van der Waals surface area contributed by atoms with Gasteiger partial charge in [-0.2, -0.15) is 0 Å². The van der Waals surface area contributed by atoms with Gasteiger partial charge in [0.25, 0.3) is 0 Å². The zero-order valence-corrected chi connectivity index (χ0v) is 15.5. The molecule has 0 unspecified atom stereocenters. The largest absolute Gasteiger partial charge is 0.491 e. The molecule has 1 fully saturated rings. The first kappa shape index (κ1) is 18.3. The first-order valence-corrected chi connectivity index (χ1v) is 8.84. The molecule has 25 heavy (non-hydrogen) atoms. The molecule has 0 spiro atoms. The van der Waals surface area contributed by atoms with Crippen LogP contribution in [0.1, 0.15) is 40.5 Å². The number of benzene rings is 1. The second-order valence-electron chi connectivity index (χ2n) is 8.28. The maximum absolute atomic E-state index is 10.5. The summed E-state index contributed by atoms with van der Waals surface area (Å²) in [6.07, 6.45) is 0.473. The standard InChI is InChI=1S/C19H29NO5/c1-18(2)8-13(21)9-19(3,4)20(18)10-14(22)11-23-15-5-6-16-17(7-15)25-12-24-16/h5-7,13-14,21-22H,8-12H2,1-4H3/t14-/m0/s1. The maximum atomic E-state index is 10.5. The van der Waals surface area contributed by atoms with Gasteiger partial charge in [-0.15, -0.1) is 0 Å². The van der Waals surface area contributed by atoms with Gasteiger partial charge in [0.2, 0.25) is 6.79 Å². The Morgan fingerprint density at radius 2 is 1.80 bits per heavy atom. The molecule has 2 aliphatic rings. The molecule has 0 aromatic heterocycles.